The zero-order valence-electron chi connectivity index (χ0n) is 11.2. The molecule has 0 heterocycles. The Morgan fingerprint density at radius 2 is 2.16 bits per heavy atom. The van der Waals surface area contributed by atoms with Crippen LogP contribution in [-0.2, 0) is 9.53 Å². The molecule has 0 saturated carbocycles. The molecule has 0 aromatic heterocycles. The summed E-state index contributed by atoms with van der Waals surface area (Å²) >= 11 is 1.87. The predicted octanol–water partition coefficient (Wildman–Crippen LogP) is 3.01. The van der Waals surface area contributed by atoms with E-state index in [4.69, 9.17) is 10.5 Å². The van der Waals surface area contributed by atoms with E-state index in [0.717, 1.165) is 0 Å². The van der Waals surface area contributed by atoms with Crippen LogP contribution in [0.1, 0.15) is 20.3 Å². The van der Waals surface area contributed by atoms with E-state index in [1.807, 2.05) is 36.4 Å². The number of nitrogens with two attached hydrogens (primary N) is 1. The lowest BCUT2D eigenvalue weighted by Gasteiger charge is -2.20. The second-order valence-electron chi connectivity index (χ2n) is 4.70. The molecule has 1 aromatic rings. The maximum atomic E-state index is 13.5. The van der Waals surface area contributed by atoms with Crippen molar-refractivity contribution in [2.75, 3.05) is 18.2 Å². The van der Waals surface area contributed by atoms with Crippen LogP contribution in [0.25, 0.3) is 0 Å². The van der Waals surface area contributed by atoms with E-state index in [0.29, 0.717) is 27.3 Å². The van der Waals surface area contributed by atoms with Crippen LogP contribution in [0.4, 0.5) is 15.8 Å². The molecule has 1 atom stereocenters. The minimum atomic E-state index is -0.535. The number of nitrogen functional groups attached to an aromatic ring is 1. The van der Waals surface area contributed by atoms with Crippen molar-refractivity contribution in [1.82, 2.24) is 0 Å². The molecule has 0 bridgehead atoms. The van der Waals surface area contributed by atoms with Gasteiger partial charge in [0.2, 0.25) is 0 Å². The van der Waals surface area contributed by atoms with Crippen molar-refractivity contribution < 1.29 is 13.9 Å². The normalized spacial score (nSPS) is 12.3. The summed E-state index contributed by atoms with van der Waals surface area (Å²) in [4.78, 5) is 11.7. The van der Waals surface area contributed by atoms with Gasteiger partial charge in [-0.3, -0.25) is 0 Å². The Bertz CT molecular complexity index is 466. The summed E-state index contributed by atoms with van der Waals surface area (Å²) in [5, 5.41) is 2.95. The molecule has 0 spiro atoms. The van der Waals surface area contributed by atoms with Crippen molar-refractivity contribution >= 4 is 39.9 Å². The number of hydrogen-bond acceptors (Lipinski definition) is 4. The SMILES string of the molecule is COC(=O)C(CC(C)C)Nc1cc(F)c(I)cc1N. The monoisotopic (exact) mass is 380 g/mol. The summed E-state index contributed by atoms with van der Waals surface area (Å²) in [6.07, 6.45) is 0.583. The standard InChI is InChI=1S/C13H18FIN2O2/c1-7(2)4-12(13(18)19-3)17-11-5-8(14)9(15)6-10(11)16/h5-7,12,17H,4,16H2,1-3H3. The Morgan fingerprint density at radius 3 is 2.68 bits per heavy atom. The molecule has 19 heavy (non-hydrogen) atoms. The first-order valence-electron chi connectivity index (χ1n) is 5.94. The van der Waals surface area contributed by atoms with Crippen LogP contribution < -0.4 is 11.1 Å². The largest absolute Gasteiger partial charge is 0.467 e. The molecular weight excluding hydrogens is 362 g/mol. The van der Waals surface area contributed by atoms with Crippen LogP contribution >= 0.6 is 22.6 Å². The molecule has 0 aliphatic rings. The number of esters is 1. The van der Waals surface area contributed by atoms with Gasteiger partial charge in [-0.05, 0) is 41.0 Å². The third kappa shape index (κ3) is 4.52. The van der Waals surface area contributed by atoms with Gasteiger partial charge in [0.25, 0.3) is 0 Å². The Morgan fingerprint density at radius 1 is 1.53 bits per heavy atom. The molecule has 4 nitrogen and oxygen atoms in total. The van der Waals surface area contributed by atoms with Gasteiger partial charge in [-0.2, -0.15) is 0 Å². The number of methoxy groups -OCH3 is 1. The quantitative estimate of drug-likeness (QED) is 0.468. The smallest absolute Gasteiger partial charge is 0.328 e. The third-order valence-corrected chi connectivity index (χ3v) is 3.44. The first-order chi connectivity index (χ1) is 8.85. The van der Waals surface area contributed by atoms with Gasteiger partial charge in [0.1, 0.15) is 11.9 Å². The van der Waals surface area contributed by atoms with Gasteiger partial charge in [0.05, 0.1) is 22.1 Å². The number of nitrogens with one attached hydrogen (secondary N) is 1. The summed E-state index contributed by atoms with van der Waals surface area (Å²) < 4.78 is 18.7. The van der Waals surface area contributed by atoms with Crippen LogP contribution in [-0.4, -0.2) is 19.1 Å². The van der Waals surface area contributed by atoms with Crippen molar-refractivity contribution in [3.05, 3.63) is 21.5 Å². The fraction of sp³-hybridized carbons (Fsp3) is 0.462. The lowest BCUT2D eigenvalue weighted by atomic mass is 10.0. The van der Waals surface area contributed by atoms with Crippen LogP contribution in [0.2, 0.25) is 0 Å². The summed E-state index contributed by atoms with van der Waals surface area (Å²) in [5.74, 6) is -0.455. The van der Waals surface area contributed by atoms with Crippen LogP contribution in [0.3, 0.4) is 0 Å². The highest BCUT2D eigenvalue weighted by Crippen LogP contribution is 2.25. The van der Waals surface area contributed by atoms with Gasteiger partial charge in [-0.15, -0.1) is 0 Å². The number of halogens is 2. The second kappa shape index (κ2) is 6.93. The topological polar surface area (TPSA) is 64.3 Å². The van der Waals surface area contributed by atoms with E-state index >= 15 is 0 Å². The Labute approximate surface area is 126 Å². The van der Waals surface area contributed by atoms with Crippen molar-refractivity contribution in [1.29, 1.82) is 0 Å². The highest BCUT2D eigenvalue weighted by molar-refractivity contribution is 14.1. The van der Waals surface area contributed by atoms with Crippen molar-refractivity contribution in [2.24, 2.45) is 5.92 Å². The Kier molecular flexibility index (Phi) is 5.84. The van der Waals surface area contributed by atoms with Gasteiger partial charge >= 0.3 is 5.97 Å². The molecule has 1 rings (SSSR count). The number of carbonyl (C=O) groups excluding carboxylic acids is 1. The fourth-order valence-corrected chi connectivity index (χ4v) is 2.19. The van der Waals surface area contributed by atoms with Gasteiger partial charge in [-0.1, -0.05) is 13.8 Å². The van der Waals surface area contributed by atoms with E-state index < -0.39 is 6.04 Å². The molecule has 3 N–H and O–H groups in total. The highest BCUT2D eigenvalue weighted by Gasteiger charge is 2.21. The van der Waals surface area contributed by atoms with Gasteiger partial charge in [0, 0.05) is 6.07 Å². The molecule has 1 aromatic carbocycles. The Balaban J connectivity index is 2.96. The zero-order chi connectivity index (χ0) is 14.6. The molecule has 0 radical (unpaired) electrons. The van der Waals surface area contributed by atoms with E-state index in [1.165, 1.54) is 19.2 Å². The first kappa shape index (κ1) is 16.0. The highest BCUT2D eigenvalue weighted by atomic mass is 127. The summed E-state index contributed by atoms with van der Waals surface area (Å²) in [6, 6.07) is 2.29. The summed E-state index contributed by atoms with van der Waals surface area (Å²) in [5.41, 5.74) is 6.64. The molecule has 1 unspecified atom stereocenters. The molecule has 6 heteroatoms. The molecule has 106 valence electrons. The minimum absolute atomic E-state index is 0.298. The molecule has 0 aliphatic heterocycles. The number of anilines is 2. The van der Waals surface area contributed by atoms with Crippen molar-refractivity contribution in [3.8, 4) is 0 Å². The van der Waals surface area contributed by atoms with Gasteiger partial charge in [-0.25, -0.2) is 9.18 Å². The number of benzene rings is 1. The maximum absolute atomic E-state index is 13.5. The average Bonchev–Trinajstić information content (AvgIpc) is 2.33. The molecular formula is C13H18FIN2O2. The van der Waals surface area contributed by atoms with Crippen molar-refractivity contribution in [3.63, 3.8) is 0 Å². The van der Waals surface area contributed by atoms with Gasteiger partial charge in [0.15, 0.2) is 0 Å². The predicted molar refractivity (Wildman–Crippen MR) is 82.4 cm³/mol. The first-order valence-corrected chi connectivity index (χ1v) is 7.02. The average molecular weight is 380 g/mol. The number of hydrogen-bond donors (Lipinski definition) is 2. The number of rotatable bonds is 5. The van der Waals surface area contributed by atoms with E-state index in [9.17, 15) is 9.18 Å². The molecule has 0 amide bonds. The maximum Gasteiger partial charge on any atom is 0.328 e. The van der Waals surface area contributed by atoms with Gasteiger partial charge < -0.3 is 15.8 Å². The summed E-state index contributed by atoms with van der Waals surface area (Å²) in [7, 11) is 1.33. The lowest BCUT2D eigenvalue weighted by molar-refractivity contribution is -0.141. The molecule has 0 saturated heterocycles. The van der Waals surface area contributed by atoms with Crippen LogP contribution in [0.5, 0.6) is 0 Å². The van der Waals surface area contributed by atoms with Crippen LogP contribution in [0.15, 0.2) is 12.1 Å². The van der Waals surface area contributed by atoms with E-state index in [-0.39, 0.29) is 11.8 Å². The fourth-order valence-electron chi connectivity index (χ4n) is 1.70. The third-order valence-electron chi connectivity index (χ3n) is 2.61. The number of carbonyl (C=O) groups is 1. The Hall–Kier alpha value is -1.05. The lowest BCUT2D eigenvalue weighted by Crippen LogP contribution is -2.32. The summed E-state index contributed by atoms with van der Waals surface area (Å²) in [6.45, 7) is 3.99. The number of ether oxygens (including phenoxy) is 1. The van der Waals surface area contributed by atoms with Crippen molar-refractivity contribution in [2.45, 2.75) is 26.3 Å². The van der Waals surface area contributed by atoms with E-state index in [1.54, 1.807) is 0 Å². The minimum Gasteiger partial charge on any atom is -0.467 e. The molecule has 0 aliphatic carbocycles. The molecule has 0 fully saturated rings. The zero-order valence-corrected chi connectivity index (χ0v) is 13.3. The van der Waals surface area contributed by atoms with E-state index in [2.05, 4.69) is 5.32 Å². The van der Waals surface area contributed by atoms with Crippen LogP contribution in [0, 0.1) is 15.3 Å². The second-order valence-corrected chi connectivity index (χ2v) is 5.87.